The Morgan fingerprint density at radius 3 is 2.61 bits per heavy atom. The largest absolute Gasteiger partial charge is 0.514 e. The van der Waals surface area contributed by atoms with E-state index in [0.717, 1.165) is 0 Å². The van der Waals surface area contributed by atoms with Crippen molar-refractivity contribution in [1.29, 1.82) is 0 Å². The van der Waals surface area contributed by atoms with Crippen LogP contribution < -0.4 is 10.4 Å². The first-order valence-corrected chi connectivity index (χ1v) is 9.32. The number of hydrogen-bond acceptors (Lipinski definition) is 7. The molecule has 1 heterocycles. The van der Waals surface area contributed by atoms with Gasteiger partial charge in [-0.2, -0.15) is 0 Å². The number of halogens is 1. The van der Waals surface area contributed by atoms with Gasteiger partial charge in [-0.25, -0.2) is 9.59 Å². The van der Waals surface area contributed by atoms with Crippen molar-refractivity contribution in [2.75, 3.05) is 0 Å². The van der Waals surface area contributed by atoms with Gasteiger partial charge in [-0.3, -0.25) is 4.79 Å². The van der Waals surface area contributed by atoms with E-state index in [1.807, 2.05) is 0 Å². The second-order valence-electron chi connectivity index (χ2n) is 6.92. The summed E-state index contributed by atoms with van der Waals surface area (Å²) in [6, 6.07) is 4.27. The summed E-state index contributed by atoms with van der Waals surface area (Å²) in [7, 11) is 0. The summed E-state index contributed by atoms with van der Waals surface area (Å²) < 4.78 is 21.1. The third-order valence-corrected chi connectivity index (χ3v) is 4.03. The second kappa shape index (κ2) is 9.05. The smallest absolute Gasteiger partial charge is 0.461 e. The highest BCUT2D eigenvalue weighted by atomic mass is 79.9. The number of fused-ring (bicyclic) bond motifs is 1. The minimum atomic E-state index is -0.887. The normalized spacial score (nSPS) is 11.1. The monoisotopic (exact) mass is 452 g/mol. The van der Waals surface area contributed by atoms with E-state index in [2.05, 4.69) is 22.5 Å². The summed E-state index contributed by atoms with van der Waals surface area (Å²) >= 11 is 3.32. The molecular formula is C20H21BrO7. The maximum absolute atomic E-state index is 11.9. The van der Waals surface area contributed by atoms with Gasteiger partial charge in [0.15, 0.2) is 5.75 Å². The van der Waals surface area contributed by atoms with Crippen molar-refractivity contribution in [3.63, 3.8) is 0 Å². The molecule has 0 aliphatic heterocycles. The van der Waals surface area contributed by atoms with Crippen LogP contribution in [0.5, 0.6) is 5.75 Å². The molecule has 0 N–H and O–H groups in total. The van der Waals surface area contributed by atoms with Gasteiger partial charge < -0.3 is 18.6 Å². The lowest BCUT2D eigenvalue weighted by Gasteiger charge is -2.19. The Hall–Kier alpha value is -2.61. The predicted octanol–water partition coefficient (Wildman–Crippen LogP) is 4.88. The second-order valence-corrected chi connectivity index (χ2v) is 7.78. The molecule has 0 aliphatic rings. The molecule has 0 saturated carbocycles. The topological polar surface area (TPSA) is 92.0 Å². The van der Waals surface area contributed by atoms with Gasteiger partial charge in [0, 0.05) is 29.5 Å². The summed E-state index contributed by atoms with van der Waals surface area (Å²) in [4.78, 5) is 35.5. The van der Waals surface area contributed by atoms with Crippen LogP contribution in [0.2, 0.25) is 0 Å². The Kier molecular flexibility index (Phi) is 7.01. The van der Waals surface area contributed by atoms with Crippen LogP contribution in [0.25, 0.3) is 11.0 Å². The SMILES string of the molecule is C=CCCC(=O)OCc1cc(=O)oc2cc(OC(=O)OC(C)(C)C)c(Br)cc12. The van der Waals surface area contributed by atoms with Crippen molar-refractivity contribution >= 4 is 39.0 Å². The highest BCUT2D eigenvalue weighted by molar-refractivity contribution is 9.10. The van der Waals surface area contributed by atoms with Crippen LogP contribution in [-0.2, 0) is 20.9 Å². The summed E-state index contributed by atoms with van der Waals surface area (Å²) in [5.74, 6) is -0.268. The minimum Gasteiger partial charge on any atom is -0.461 e. The van der Waals surface area contributed by atoms with Gasteiger partial charge in [0.2, 0.25) is 0 Å². The van der Waals surface area contributed by atoms with Crippen molar-refractivity contribution in [2.24, 2.45) is 0 Å². The average Bonchev–Trinajstić information content (AvgIpc) is 2.57. The first-order chi connectivity index (χ1) is 13.1. The first-order valence-electron chi connectivity index (χ1n) is 8.52. The maximum Gasteiger partial charge on any atom is 0.514 e. The minimum absolute atomic E-state index is 0.0865. The molecule has 28 heavy (non-hydrogen) atoms. The van der Waals surface area contributed by atoms with E-state index in [-0.39, 0.29) is 24.4 Å². The van der Waals surface area contributed by atoms with Gasteiger partial charge in [0.1, 0.15) is 17.8 Å². The molecule has 1 aromatic carbocycles. The van der Waals surface area contributed by atoms with Crippen LogP contribution in [0.3, 0.4) is 0 Å². The lowest BCUT2D eigenvalue weighted by atomic mass is 10.1. The fraction of sp³-hybridized carbons (Fsp3) is 0.350. The Morgan fingerprint density at radius 1 is 1.25 bits per heavy atom. The number of allylic oxidation sites excluding steroid dienone is 1. The summed E-state index contributed by atoms with van der Waals surface area (Å²) in [5.41, 5.74) is -0.667. The van der Waals surface area contributed by atoms with E-state index in [1.54, 1.807) is 32.9 Å². The van der Waals surface area contributed by atoms with Crippen molar-refractivity contribution < 1.29 is 28.2 Å². The van der Waals surface area contributed by atoms with Crippen LogP contribution >= 0.6 is 15.9 Å². The van der Waals surface area contributed by atoms with Gasteiger partial charge in [-0.1, -0.05) is 6.08 Å². The van der Waals surface area contributed by atoms with Crippen molar-refractivity contribution in [1.82, 2.24) is 0 Å². The Labute approximate surface area is 170 Å². The molecule has 1 aromatic heterocycles. The zero-order valence-electron chi connectivity index (χ0n) is 15.9. The van der Waals surface area contributed by atoms with E-state index in [9.17, 15) is 14.4 Å². The molecule has 0 aliphatic carbocycles. The number of carbonyl (C=O) groups excluding carboxylic acids is 2. The van der Waals surface area contributed by atoms with Gasteiger partial charge in [-0.15, -0.1) is 6.58 Å². The van der Waals surface area contributed by atoms with E-state index < -0.39 is 23.4 Å². The fourth-order valence-electron chi connectivity index (χ4n) is 2.24. The molecule has 8 heteroatoms. The molecule has 0 amide bonds. The van der Waals surface area contributed by atoms with Crippen LogP contribution in [0.15, 0.2) is 44.5 Å². The molecule has 0 radical (unpaired) electrons. The lowest BCUT2D eigenvalue weighted by Crippen LogP contribution is -2.26. The molecule has 0 fully saturated rings. The standard InChI is InChI=1S/C20H21BrO7/c1-5-6-7-17(22)25-11-12-8-18(23)26-15-10-16(14(21)9-13(12)15)27-19(24)28-20(2,3)4/h5,8-10H,1,6-7,11H2,2-4H3. The zero-order chi connectivity index (χ0) is 20.9. The van der Waals surface area contributed by atoms with Gasteiger partial charge in [-0.05, 0) is 49.2 Å². The van der Waals surface area contributed by atoms with Crippen LogP contribution in [0.4, 0.5) is 4.79 Å². The number of benzene rings is 1. The lowest BCUT2D eigenvalue weighted by molar-refractivity contribution is -0.144. The van der Waals surface area contributed by atoms with Crippen molar-refractivity contribution in [3.8, 4) is 5.75 Å². The molecule has 0 bridgehead atoms. The molecule has 150 valence electrons. The molecule has 2 aromatic rings. The van der Waals surface area contributed by atoms with Gasteiger partial charge in [0.05, 0.1) is 4.47 Å². The van der Waals surface area contributed by atoms with Crippen molar-refractivity contribution in [3.05, 3.63) is 51.3 Å². The molecular weight excluding hydrogens is 432 g/mol. The predicted molar refractivity (Wildman–Crippen MR) is 106 cm³/mol. The average molecular weight is 453 g/mol. The third kappa shape index (κ3) is 6.23. The summed E-state index contributed by atoms with van der Waals surface area (Å²) in [6.07, 6.45) is 1.45. The van der Waals surface area contributed by atoms with E-state index in [1.165, 1.54) is 12.1 Å². The Morgan fingerprint density at radius 2 is 1.96 bits per heavy atom. The number of carbonyl (C=O) groups is 2. The fourth-order valence-corrected chi connectivity index (χ4v) is 2.66. The molecule has 0 spiro atoms. The number of rotatable bonds is 6. The van der Waals surface area contributed by atoms with E-state index >= 15 is 0 Å². The summed E-state index contributed by atoms with van der Waals surface area (Å²) in [5, 5.41) is 0.541. The van der Waals surface area contributed by atoms with Crippen LogP contribution in [0.1, 0.15) is 39.2 Å². The molecule has 2 rings (SSSR count). The summed E-state index contributed by atoms with van der Waals surface area (Å²) in [6.45, 7) is 8.60. The van der Waals surface area contributed by atoms with Crippen LogP contribution in [0, 0.1) is 0 Å². The number of ether oxygens (including phenoxy) is 3. The Balaban J connectivity index is 2.28. The number of esters is 1. The van der Waals surface area contributed by atoms with E-state index in [4.69, 9.17) is 18.6 Å². The van der Waals surface area contributed by atoms with Gasteiger partial charge in [0.25, 0.3) is 0 Å². The van der Waals surface area contributed by atoms with Crippen molar-refractivity contribution in [2.45, 2.75) is 45.8 Å². The zero-order valence-corrected chi connectivity index (χ0v) is 17.5. The first kappa shape index (κ1) is 21.7. The molecule has 0 saturated heterocycles. The van der Waals surface area contributed by atoms with E-state index in [0.29, 0.717) is 21.8 Å². The number of hydrogen-bond donors (Lipinski definition) is 0. The Bertz CT molecular complexity index is 953. The highest BCUT2D eigenvalue weighted by Gasteiger charge is 2.20. The molecule has 7 nitrogen and oxygen atoms in total. The quantitative estimate of drug-likeness (QED) is 0.267. The highest BCUT2D eigenvalue weighted by Crippen LogP contribution is 2.32. The van der Waals surface area contributed by atoms with Crippen LogP contribution in [-0.4, -0.2) is 17.7 Å². The maximum atomic E-state index is 11.9. The van der Waals surface area contributed by atoms with Gasteiger partial charge >= 0.3 is 17.8 Å². The molecule has 0 unspecified atom stereocenters. The third-order valence-electron chi connectivity index (χ3n) is 3.41. The molecule has 0 atom stereocenters.